The van der Waals surface area contributed by atoms with E-state index in [0.29, 0.717) is 23.6 Å². The van der Waals surface area contributed by atoms with Gasteiger partial charge < -0.3 is 4.52 Å². The number of aryl methyl sites for hydroxylation is 1. The van der Waals surface area contributed by atoms with Gasteiger partial charge in [-0.3, -0.25) is 4.52 Å². The Balaban J connectivity index is 2.17. The molecule has 0 fully saturated rings. The fourth-order valence-corrected chi connectivity index (χ4v) is 6.12. The first-order valence-electron chi connectivity index (χ1n) is 8.03. The lowest BCUT2D eigenvalue weighted by Gasteiger charge is -2.18. The lowest BCUT2D eigenvalue weighted by molar-refractivity contribution is 0.297. The Morgan fingerprint density at radius 1 is 1.16 bits per heavy atom. The SMILES string of the molecule is CCOP(=O)(Oc1cc(Br)cc2cc3ccc(C)cc3nc12)SCC. The van der Waals surface area contributed by atoms with Crippen molar-refractivity contribution < 1.29 is 13.6 Å². The van der Waals surface area contributed by atoms with E-state index in [0.717, 1.165) is 26.3 Å². The van der Waals surface area contributed by atoms with Crippen molar-refractivity contribution in [3.63, 3.8) is 0 Å². The molecule has 0 aliphatic rings. The normalized spacial score (nSPS) is 13.9. The summed E-state index contributed by atoms with van der Waals surface area (Å²) in [5.74, 6) is 1.10. The maximum atomic E-state index is 12.9. The Labute approximate surface area is 159 Å². The molecule has 0 aliphatic heterocycles. The molecule has 0 aliphatic carbocycles. The number of hydrogen-bond donors (Lipinski definition) is 0. The third-order valence-electron chi connectivity index (χ3n) is 3.58. The van der Waals surface area contributed by atoms with E-state index in [1.165, 1.54) is 11.4 Å². The van der Waals surface area contributed by atoms with Crippen molar-refractivity contribution in [2.45, 2.75) is 20.8 Å². The molecule has 4 nitrogen and oxygen atoms in total. The number of fused-ring (bicyclic) bond motifs is 2. The summed E-state index contributed by atoms with van der Waals surface area (Å²) in [6.07, 6.45) is 0. The molecule has 0 saturated carbocycles. The molecule has 0 saturated heterocycles. The average Bonchev–Trinajstić information content (AvgIpc) is 2.53. The number of benzene rings is 2. The average molecular weight is 440 g/mol. The van der Waals surface area contributed by atoms with Crippen LogP contribution in [0.4, 0.5) is 0 Å². The number of nitrogens with zero attached hydrogens (tertiary/aromatic N) is 1. The third-order valence-corrected chi connectivity index (χ3v) is 7.87. The van der Waals surface area contributed by atoms with Crippen LogP contribution >= 0.6 is 34.1 Å². The van der Waals surface area contributed by atoms with Gasteiger partial charge in [0.1, 0.15) is 5.52 Å². The van der Waals surface area contributed by atoms with Crippen LogP contribution in [0.25, 0.3) is 21.8 Å². The number of pyridine rings is 1. The van der Waals surface area contributed by atoms with Crippen molar-refractivity contribution in [3.05, 3.63) is 46.4 Å². The number of rotatable bonds is 6. The highest BCUT2D eigenvalue weighted by atomic mass is 79.9. The molecule has 3 rings (SSSR count). The topological polar surface area (TPSA) is 48.4 Å². The van der Waals surface area contributed by atoms with E-state index in [2.05, 4.69) is 34.1 Å². The van der Waals surface area contributed by atoms with Crippen molar-refractivity contribution in [2.75, 3.05) is 12.4 Å². The summed E-state index contributed by atoms with van der Waals surface area (Å²) < 4.78 is 25.1. The summed E-state index contributed by atoms with van der Waals surface area (Å²) in [5.41, 5.74) is 2.70. The second-order valence-corrected chi connectivity index (χ2v) is 10.7. The minimum atomic E-state index is -3.28. The first-order chi connectivity index (χ1) is 11.9. The standard InChI is InChI=1S/C18H19BrNO3PS/c1-4-22-24(21,25-5-2)23-17-11-15(19)10-14-9-13-7-6-12(3)8-16(13)20-18(14)17/h6-11H,4-5H2,1-3H3. The second kappa shape index (κ2) is 7.67. The van der Waals surface area contributed by atoms with Gasteiger partial charge in [0.15, 0.2) is 5.75 Å². The molecule has 1 heterocycles. The fraction of sp³-hybridized carbons (Fsp3) is 0.278. The van der Waals surface area contributed by atoms with Gasteiger partial charge in [-0.15, -0.1) is 0 Å². The minimum Gasteiger partial charge on any atom is -0.415 e. The predicted molar refractivity (Wildman–Crippen MR) is 110 cm³/mol. The highest BCUT2D eigenvalue weighted by Gasteiger charge is 2.27. The first kappa shape index (κ1) is 18.7. The molecule has 0 spiro atoms. The molecule has 3 aromatic rings. The van der Waals surface area contributed by atoms with E-state index in [9.17, 15) is 4.57 Å². The monoisotopic (exact) mass is 439 g/mol. The zero-order valence-corrected chi connectivity index (χ0v) is 17.6. The Kier molecular flexibility index (Phi) is 5.74. The van der Waals surface area contributed by atoms with E-state index < -0.39 is 6.80 Å². The minimum absolute atomic E-state index is 0.325. The van der Waals surface area contributed by atoms with E-state index in [4.69, 9.17) is 14.0 Å². The quantitative estimate of drug-likeness (QED) is 0.314. The van der Waals surface area contributed by atoms with Gasteiger partial charge >= 0.3 is 6.80 Å². The summed E-state index contributed by atoms with van der Waals surface area (Å²) in [4.78, 5) is 4.75. The van der Waals surface area contributed by atoms with Crippen molar-refractivity contribution in [3.8, 4) is 5.75 Å². The molecule has 7 heteroatoms. The van der Waals surface area contributed by atoms with Gasteiger partial charge in [0.2, 0.25) is 0 Å². The Morgan fingerprint density at radius 2 is 1.96 bits per heavy atom. The van der Waals surface area contributed by atoms with Crippen molar-refractivity contribution >= 4 is 55.9 Å². The molecular weight excluding hydrogens is 421 g/mol. The summed E-state index contributed by atoms with van der Waals surface area (Å²) >= 11 is 4.69. The van der Waals surface area contributed by atoms with Crippen LogP contribution in [0.15, 0.2) is 40.9 Å². The Hall–Kier alpha value is -1.07. The molecule has 1 unspecified atom stereocenters. The highest BCUT2D eigenvalue weighted by molar-refractivity contribution is 9.10. The van der Waals surface area contributed by atoms with Gasteiger partial charge in [-0.05, 0) is 55.1 Å². The zero-order valence-electron chi connectivity index (χ0n) is 14.3. The van der Waals surface area contributed by atoms with E-state index in [-0.39, 0.29) is 0 Å². The highest BCUT2D eigenvalue weighted by Crippen LogP contribution is 2.60. The van der Waals surface area contributed by atoms with Crippen molar-refractivity contribution in [1.82, 2.24) is 4.98 Å². The van der Waals surface area contributed by atoms with Crippen molar-refractivity contribution in [1.29, 1.82) is 0 Å². The van der Waals surface area contributed by atoms with Gasteiger partial charge in [0.05, 0.1) is 12.1 Å². The van der Waals surface area contributed by atoms with Gasteiger partial charge in [0, 0.05) is 21.0 Å². The molecular formula is C18H19BrNO3PS. The number of aromatic nitrogens is 1. The molecule has 0 amide bonds. The summed E-state index contributed by atoms with van der Waals surface area (Å²) in [6, 6.07) is 12.0. The molecule has 1 aromatic heterocycles. The smallest absolute Gasteiger partial charge is 0.415 e. The molecule has 0 radical (unpaired) electrons. The van der Waals surface area contributed by atoms with Gasteiger partial charge in [-0.25, -0.2) is 9.55 Å². The van der Waals surface area contributed by atoms with Gasteiger partial charge in [0.25, 0.3) is 0 Å². The Bertz CT molecular complexity index is 969. The van der Waals surface area contributed by atoms with Crippen molar-refractivity contribution in [2.24, 2.45) is 0 Å². The fourth-order valence-electron chi connectivity index (χ4n) is 2.58. The second-order valence-electron chi connectivity index (χ2n) is 5.53. The largest absolute Gasteiger partial charge is 0.440 e. The van der Waals surface area contributed by atoms with Crippen LogP contribution < -0.4 is 4.52 Å². The van der Waals surface area contributed by atoms with Gasteiger partial charge in [-0.1, -0.05) is 35.0 Å². The Morgan fingerprint density at radius 3 is 2.68 bits per heavy atom. The predicted octanol–water partition coefficient (Wildman–Crippen LogP) is 6.74. The lowest BCUT2D eigenvalue weighted by atomic mass is 10.1. The third kappa shape index (κ3) is 4.20. The van der Waals surface area contributed by atoms with E-state index in [1.807, 2.05) is 26.0 Å². The summed E-state index contributed by atoms with van der Waals surface area (Å²) in [6.45, 7) is 2.81. The summed E-state index contributed by atoms with van der Waals surface area (Å²) in [5, 5.41) is 1.98. The molecule has 132 valence electrons. The lowest BCUT2D eigenvalue weighted by Crippen LogP contribution is -1.97. The van der Waals surface area contributed by atoms with Crippen LogP contribution in [0.1, 0.15) is 19.4 Å². The molecule has 25 heavy (non-hydrogen) atoms. The molecule has 0 bridgehead atoms. The van der Waals surface area contributed by atoms with Crippen LogP contribution in [0.3, 0.4) is 0 Å². The van der Waals surface area contributed by atoms with Crippen LogP contribution in [0.5, 0.6) is 5.75 Å². The molecule has 2 aromatic carbocycles. The maximum Gasteiger partial charge on any atom is 0.440 e. The van der Waals surface area contributed by atoms with Gasteiger partial charge in [-0.2, -0.15) is 0 Å². The van der Waals surface area contributed by atoms with Crippen LogP contribution in [-0.4, -0.2) is 17.3 Å². The number of halogens is 1. The van der Waals surface area contributed by atoms with Crippen LogP contribution in [-0.2, 0) is 9.09 Å². The number of hydrogen-bond acceptors (Lipinski definition) is 5. The zero-order chi connectivity index (χ0) is 18.0. The van der Waals surface area contributed by atoms with Crippen LogP contribution in [0, 0.1) is 6.92 Å². The molecule has 1 atom stereocenters. The van der Waals surface area contributed by atoms with Crippen LogP contribution in [0.2, 0.25) is 0 Å². The van der Waals surface area contributed by atoms with E-state index >= 15 is 0 Å². The first-order valence-corrected chi connectivity index (χ1v) is 12.0. The van der Waals surface area contributed by atoms with E-state index in [1.54, 1.807) is 13.0 Å². The maximum absolute atomic E-state index is 12.9. The summed E-state index contributed by atoms with van der Waals surface area (Å²) in [7, 11) is 0. The molecule has 0 N–H and O–H groups in total.